The maximum Gasteiger partial charge on any atom is 0.265 e. The minimum absolute atomic E-state index is 0.0143. The second-order valence-electron chi connectivity index (χ2n) is 11.6. The molecular weight excluding hydrogens is 524 g/mol. The summed E-state index contributed by atoms with van der Waals surface area (Å²) in [6.45, 7) is 4.19. The number of nitrogens with one attached hydrogen (secondary N) is 2. The molecule has 10 nitrogen and oxygen atoms in total. The van der Waals surface area contributed by atoms with Gasteiger partial charge in [-0.05, 0) is 43.6 Å². The van der Waals surface area contributed by atoms with Crippen molar-refractivity contribution >= 4 is 39.9 Å². The van der Waals surface area contributed by atoms with Crippen molar-refractivity contribution < 1.29 is 9.59 Å². The fourth-order valence-corrected chi connectivity index (χ4v) is 7.68. The molecule has 2 N–H and O–H groups in total. The van der Waals surface area contributed by atoms with Crippen LogP contribution in [-0.2, 0) is 4.79 Å². The first-order valence-electron chi connectivity index (χ1n) is 14.2. The number of hydrogen-bond donors (Lipinski definition) is 2. The number of hydrogen-bond acceptors (Lipinski definition) is 8. The number of anilines is 1. The summed E-state index contributed by atoms with van der Waals surface area (Å²) in [6, 6.07) is 4.68. The number of nitriles is 1. The number of fused-ring (bicyclic) bond motifs is 2. The largest absolute Gasteiger partial charge is 0.381 e. The lowest BCUT2D eigenvalue weighted by atomic mass is 9.95. The zero-order valence-electron chi connectivity index (χ0n) is 23.1. The third kappa shape index (κ3) is 5.18. The second-order valence-corrected chi connectivity index (χ2v) is 12.6. The molecule has 210 valence electrons. The first kappa shape index (κ1) is 26.7. The van der Waals surface area contributed by atoms with E-state index in [9.17, 15) is 9.59 Å². The molecule has 1 saturated carbocycles. The summed E-state index contributed by atoms with van der Waals surface area (Å²) in [5, 5.41) is 14.6. The molecule has 0 aromatic carbocycles. The smallest absolute Gasteiger partial charge is 0.265 e. The zero-order chi connectivity index (χ0) is 27.8. The van der Waals surface area contributed by atoms with Gasteiger partial charge in [0.05, 0.1) is 23.5 Å². The molecule has 2 saturated heterocycles. The van der Waals surface area contributed by atoms with Gasteiger partial charge in [0.25, 0.3) is 5.91 Å². The fraction of sp³-hybridized carbons (Fsp3) is 0.552. The SMILES string of the molecule is CN(C)C(=O)C1CCN(C(=O)c2cnc(-c3cnc4[nH]ccc4c3NC3C[C@@H]4CN(CCC#N)C[C@@H]4C3)s2)CC1. The Balaban J connectivity index is 1.16. The van der Waals surface area contributed by atoms with Crippen LogP contribution in [-0.4, -0.2) is 94.3 Å². The van der Waals surface area contributed by atoms with Crippen molar-refractivity contribution in [2.45, 2.75) is 38.1 Å². The Labute approximate surface area is 238 Å². The van der Waals surface area contributed by atoms with E-state index in [0.717, 1.165) is 59.8 Å². The highest BCUT2D eigenvalue weighted by atomic mass is 32.1. The van der Waals surface area contributed by atoms with Crippen LogP contribution in [0.25, 0.3) is 21.6 Å². The standard InChI is InChI=1S/C29H36N8O2S/c1-35(2)28(38)18-5-10-37(11-6-18)29(39)24-15-33-27(40-24)23-14-32-26-22(4-8-31-26)25(23)34-21-12-19-16-36(9-3-7-30)17-20(19)13-21/h4,8,14-15,18-21H,3,5-6,9-13,16-17H2,1-2H3,(H2,31,32,34)/t19-,20+,21?. The van der Waals surface area contributed by atoms with E-state index in [-0.39, 0.29) is 17.7 Å². The predicted octanol–water partition coefficient (Wildman–Crippen LogP) is 3.66. The van der Waals surface area contributed by atoms with Gasteiger partial charge < -0.3 is 25.0 Å². The third-order valence-corrected chi connectivity index (χ3v) is 9.84. The predicted molar refractivity (Wildman–Crippen MR) is 155 cm³/mol. The van der Waals surface area contributed by atoms with Crippen LogP contribution < -0.4 is 5.32 Å². The lowest BCUT2D eigenvalue weighted by Gasteiger charge is -2.32. The lowest BCUT2D eigenvalue weighted by Crippen LogP contribution is -2.42. The van der Waals surface area contributed by atoms with Crippen LogP contribution in [0, 0.1) is 29.1 Å². The Bertz CT molecular complexity index is 1420. The van der Waals surface area contributed by atoms with E-state index in [4.69, 9.17) is 5.26 Å². The van der Waals surface area contributed by atoms with Crippen LogP contribution in [0.4, 0.5) is 5.69 Å². The molecule has 2 aliphatic heterocycles. The van der Waals surface area contributed by atoms with Crippen molar-refractivity contribution in [1.82, 2.24) is 29.7 Å². The molecule has 40 heavy (non-hydrogen) atoms. The molecule has 3 aromatic rings. The van der Waals surface area contributed by atoms with Crippen LogP contribution in [0.3, 0.4) is 0 Å². The number of piperidine rings is 1. The van der Waals surface area contributed by atoms with Gasteiger partial charge in [0, 0.05) is 83.0 Å². The fourth-order valence-electron chi connectivity index (χ4n) is 6.78. The highest BCUT2D eigenvalue weighted by Crippen LogP contribution is 2.42. The number of aromatic amines is 1. The minimum atomic E-state index is -0.0192. The van der Waals surface area contributed by atoms with Crippen molar-refractivity contribution in [3.05, 3.63) is 29.5 Å². The summed E-state index contributed by atoms with van der Waals surface area (Å²) in [6.07, 6.45) is 9.63. The van der Waals surface area contributed by atoms with E-state index in [2.05, 4.69) is 31.2 Å². The summed E-state index contributed by atoms with van der Waals surface area (Å²) >= 11 is 1.41. The van der Waals surface area contributed by atoms with Crippen LogP contribution in [0.5, 0.6) is 0 Å². The van der Waals surface area contributed by atoms with Crippen molar-refractivity contribution in [3.63, 3.8) is 0 Å². The first-order chi connectivity index (χ1) is 19.4. The number of carbonyl (C=O) groups excluding carboxylic acids is 2. The Morgan fingerprint density at radius 2 is 1.93 bits per heavy atom. The van der Waals surface area contributed by atoms with Gasteiger partial charge in [-0.2, -0.15) is 5.26 Å². The molecule has 1 unspecified atom stereocenters. The number of H-pyrrole nitrogens is 1. The van der Waals surface area contributed by atoms with E-state index in [0.29, 0.717) is 55.1 Å². The Hall–Kier alpha value is -3.49. The molecule has 3 aromatic heterocycles. The normalized spacial score (nSPS) is 23.3. The van der Waals surface area contributed by atoms with Crippen LogP contribution in [0.1, 0.15) is 41.8 Å². The zero-order valence-corrected chi connectivity index (χ0v) is 23.9. The maximum absolute atomic E-state index is 13.3. The van der Waals surface area contributed by atoms with Gasteiger partial charge in [-0.1, -0.05) is 0 Å². The van der Waals surface area contributed by atoms with Gasteiger partial charge in [-0.15, -0.1) is 11.3 Å². The molecule has 6 rings (SSSR count). The Morgan fingerprint density at radius 1 is 1.18 bits per heavy atom. The van der Waals surface area contributed by atoms with Crippen LogP contribution >= 0.6 is 11.3 Å². The molecule has 0 spiro atoms. The summed E-state index contributed by atoms with van der Waals surface area (Å²) < 4.78 is 0. The van der Waals surface area contributed by atoms with E-state index < -0.39 is 0 Å². The topological polar surface area (TPSA) is 121 Å². The van der Waals surface area contributed by atoms with Gasteiger partial charge in [0.2, 0.25) is 5.91 Å². The summed E-state index contributed by atoms with van der Waals surface area (Å²) in [4.78, 5) is 44.7. The van der Waals surface area contributed by atoms with Gasteiger partial charge in [-0.3, -0.25) is 9.59 Å². The molecule has 3 atom stereocenters. The summed E-state index contributed by atoms with van der Waals surface area (Å²) in [5.41, 5.74) is 2.77. The van der Waals surface area contributed by atoms with Crippen molar-refractivity contribution in [2.75, 3.05) is 52.1 Å². The Kier molecular flexibility index (Phi) is 7.47. The van der Waals surface area contributed by atoms with Gasteiger partial charge in [0.1, 0.15) is 15.5 Å². The van der Waals surface area contributed by atoms with Crippen molar-refractivity contribution in [1.29, 1.82) is 5.26 Å². The number of thiazole rings is 1. The molecule has 0 bridgehead atoms. The van der Waals surface area contributed by atoms with Gasteiger partial charge in [-0.25, -0.2) is 9.97 Å². The number of rotatable bonds is 7. The molecular formula is C29H36N8O2S. The van der Waals surface area contributed by atoms with Crippen molar-refractivity contribution in [3.8, 4) is 16.6 Å². The van der Waals surface area contributed by atoms with E-state index in [1.165, 1.54) is 11.3 Å². The number of carbonyl (C=O) groups is 2. The molecule has 5 heterocycles. The quantitative estimate of drug-likeness (QED) is 0.452. The molecule has 11 heteroatoms. The molecule has 3 fully saturated rings. The van der Waals surface area contributed by atoms with E-state index >= 15 is 0 Å². The molecule has 0 radical (unpaired) electrons. The summed E-state index contributed by atoms with van der Waals surface area (Å²) in [7, 11) is 3.57. The van der Waals surface area contributed by atoms with Gasteiger partial charge >= 0.3 is 0 Å². The first-order valence-corrected chi connectivity index (χ1v) is 15.0. The highest BCUT2D eigenvalue weighted by Gasteiger charge is 2.41. The number of amides is 2. The molecule has 3 aliphatic rings. The Morgan fingerprint density at radius 3 is 2.62 bits per heavy atom. The number of pyridine rings is 1. The molecule has 2 amide bonds. The average Bonchev–Trinajstić information content (AvgIpc) is 3.75. The van der Waals surface area contributed by atoms with Crippen molar-refractivity contribution in [2.24, 2.45) is 17.8 Å². The second kappa shape index (κ2) is 11.2. The number of nitrogens with zero attached hydrogens (tertiary/aromatic N) is 6. The highest BCUT2D eigenvalue weighted by molar-refractivity contribution is 7.17. The summed E-state index contributed by atoms with van der Waals surface area (Å²) in [5.74, 6) is 1.42. The number of likely N-dealkylation sites (tertiary alicyclic amines) is 2. The van der Waals surface area contributed by atoms with Gasteiger partial charge in [0.15, 0.2) is 0 Å². The van der Waals surface area contributed by atoms with E-state index in [1.807, 2.05) is 23.4 Å². The average molecular weight is 561 g/mol. The van der Waals surface area contributed by atoms with E-state index in [1.54, 1.807) is 25.2 Å². The lowest BCUT2D eigenvalue weighted by molar-refractivity contribution is -0.134. The number of aromatic nitrogens is 3. The third-order valence-electron chi connectivity index (χ3n) is 8.82. The van der Waals surface area contributed by atoms with Crippen LogP contribution in [0.15, 0.2) is 24.7 Å². The monoisotopic (exact) mass is 560 g/mol. The minimum Gasteiger partial charge on any atom is -0.381 e. The maximum atomic E-state index is 13.3. The van der Waals surface area contributed by atoms with Crippen LogP contribution in [0.2, 0.25) is 0 Å². The molecule has 1 aliphatic carbocycles.